The van der Waals surface area contributed by atoms with Gasteiger partial charge in [-0.2, -0.15) is 0 Å². The molecule has 2 N–H and O–H groups in total. The normalized spacial score (nSPS) is 12.5. The lowest BCUT2D eigenvalue weighted by molar-refractivity contribution is 0.477. The summed E-state index contributed by atoms with van der Waals surface area (Å²) >= 11 is 15.7. The molecule has 1 aromatic carbocycles. The number of alkyl halides is 3. The fraction of sp³-hybridized carbons (Fsp3) is 0.143. The van der Waals surface area contributed by atoms with Crippen LogP contribution in [0.2, 0.25) is 0 Å². The van der Waals surface area contributed by atoms with Gasteiger partial charge in [0.2, 0.25) is 0 Å². The van der Waals surface area contributed by atoms with E-state index in [0.29, 0.717) is 0 Å². The van der Waals surface area contributed by atoms with E-state index >= 15 is 0 Å². The molecule has 0 spiro atoms. The number of sulfonamides is 1. The maximum absolute atomic E-state index is 11.4. The van der Waals surface area contributed by atoms with Crippen LogP contribution >= 0.6 is 34.8 Å². The van der Waals surface area contributed by atoms with Crippen LogP contribution in [-0.4, -0.2) is 16.6 Å². The van der Waals surface area contributed by atoms with Crippen LogP contribution in [0.5, 0.6) is 5.75 Å². The predicted molar refractivity (Wildman–Crippen MR) is 60.9 cm³/mol. The average Bonchev–Trinajstić information content (AvgIpc) is 2.06. The summed E-state index contributed by atoms with van der Waals surface area (Å²) in [4.78, 5) is 0. The molecule has 0 saturated carbocycles. The van der Waals surface area contributed by atoms with Gasteiger partial charge >= 0.3 is 3.12 Å². The van der Waals surface area contributed by atoms with Crippen molar-refractivity contribution < 1.29 is 13.5 Å². The van der Waals surface area contributed by atoms with Crippen molar-refractivity contribution in [2.24, 2.45) is 0 Å². The maximum atomic E-state index is 11.4. The molecular weight excluding hydrogens is 285 g/mol. The van der Waals surface area contributed by atoms with Crippen LogP contribution in [0.1, 0.15) is 0 Å². The second kappa shape index (κ2) is 4.25. The standard InChI is InChI=1S/C7H6Cl3NO3S/c8-7(9,10)15(13,14)11-5-3-1-2-4-6(5)12/h1-4,11-12H. The number of para-hydroxylation sites is 2. The molecule has 4 nitrogen and oxygen atoms in total. The maximum Gasteiger partial charge on any atom is 0.311 e. The van der Waals surface area contributed by atoms with Crippen LogP contribution in [0.15, 0.2) is 24.3 Å². The van der Waals surface area contributed by atoms with E-state index in [0.717, 1.165) is 0 Å². The summed E-state index contributed by atoms with van der Waals surface area (Å²) in [6, 6.07) is 5.69. The number of nitrogens with one attached hydrogen (secondary N) is 1. The van der Waals surface area contributed by atoms with Crippen LogP contribution in [0.25, 0.3) is 0 Å². The monoisotopic (exact) mass is 289 g/mol. The Kier molecular flexibility index (Phi) is 3.60. The zero-order chi connectivity index (χ0) is 11.7. The van der Waals surface area contributed by atoms with E-state index in [1.54, 1.807) is 0 Å². The molecule has 0 heterocycles. The van der Waals surface area contributed by atoms with Crippen molar-refractivity contribution in [2.45, 2.75) is 3.12 Å². The molecule has 84 valence electrons. The quantitative estimate of drug-likeness (QED) is 0.649. The van der Waals surface area contributed by atoms with Crippen LogP contribution in [-0.2, 0) is 10.0 Å². The van der Waals surface area contributed by atoms with Gasteiger partial charge in [-0.15, -0.1) is 0 Å². The van der Waals surface area contributed by atoms with E-state index in [1.807, 2.05) is 4.72 Å². The van der Waals surface area contributed by atoms with Crippen molar-refractivity contribution in [3.63, 3.8) is 0 Å². The number of halogens is 3. The number of aromatic hydroxyl groups is 1. The molecule has 0 radical (unpaired) electrons. The summed E-state index contributed by atoms with van der Waals surface area (Å²) < 4.78 is 22.2. The summed E-state index contributed by atoms with van der Waals surface area (Å²) in [5.41, 5.74) is -0.0520. The number of anilines is 1. The molecule has 0 saturated heterocycles. The summed E-state index contributed by atoms with van der Waals surface area (Å²) in [6.45, 7) is 0. The molecule has 0 aliphatic rings. The van der Waals surface area contributed by atoms with Crippen molar-refractivity contribution in [1.29, 1.82) is 0 Å². The Labute approximate surface area is 102 Å². The first-order chi connectivity index (χ1) is 6.74. The van der Waals surface area contributed by atoms with E-state index in [2.05, 4.69) is 0 Å². The van der Waals surface area contributed by atoms with Gasteiger partial charge in [-0.3, -0.25) is 4.72 Å². The van der Waals surface area contributed by atoms with E-state index in [4.69, 9.17) is 34.8 Å². The third-order valence-electron chi connectivity index (χ3n) is 1.45. The minimum atomic E-state index is -4.19. The second-order valence-corrected chi connectivity index (χ2v) is 7.35. The number of phenols is 1. The number of phenolic OH excluding ortho intramolecular Hbond substituents is 1. The van der Waals surface area contributed by atoms with E-state index in [9.17, 15) is 13.5 Å². The van der Waals surface area contributed by atoms with Crippen molar-refractivity contribution in [2.75, 3.05) is 4.72 Å². The van der Waals surface area contributed by atoms with Gasteiger partial charge in [-0.1, -0.05) is 46.9 Å². The van der Waals surface area contributed by atoms with E-state index in [-0.39, 0.29) is 11.4 Å². The zero-order valence-corrected chi connectivity index (χ0v) is 10.2. The Morgan fingerprint density at radius 1 is 1.20 bits per heavy atom. The smallest absolute Gasteiger partial charge is 0.311 e. The topological polar surface area (TPSA) is 66.4 Å². The molecule has 0 aromatic heterocycles. The van der Waals surface area contributed by atoms with Gasteiger partial charge in [-0.25, -0.2) is 8.42 Å². The van der Waals surface area contributed by atoms with Crippen LogP contribution in [0, 0.1) is 0 Å². The second-order valence-electron chi connectivity index (χ2n) is 2.57. The first-order valence-electron chi connectivity index (χ1n) is 3.61. The van der Waals surface area contributed by atoms with Crippen molar-refractivity contribution in [3.8, 4) is 5.75 Å². The van der Waals surface area contributed by atoms with Gasteiger partial charge in [-0.05, 0) is 12.1 Å². The van der Waals surface area contributed by atoms with Crippen molar-refractivity contribution >= 4 is 50.5 Å². The minimum absolute atomic E-state index is 0.0520. The van der Waals surface area contributed by atoms with Crippen LogP contribution in [0.4, 0.5) is 5.69 Å². The fourth-order valence-electron chi connectivity index (χ4n) is 0.763. The van der Waals surface area contributed by atoms with E-state index in [1.165, 1.54) is 24.3 Å². The predicted octanol–water partition coefficient (Wildman–Crippen LogP) is 2.46. The molecule has 0 fully saturated rings. The third kappa shape index (κ3) is 3.04. The highest BCUT2D eigenvalue weighted by Gasteiger charge is 2.38. The Morgan fingerprint density at radius 2 is 1.73 bits per heavy atom. The summed E-state index contributed by atoms with van der Waals surface area (Å²) in [5, 5.41) is 9.28. The van der Waals surface area contributed by atoms with Crippen molar-refractivity contribution in [3.05, 3.63) is 24.3 Å². The number of hydrogen-bond donors (Lipinski definition) is 2. The minimum Gasteiger partial charge on any atom is -0.506 e. The molecule has 1 aromatic rings. The number of hydrogen-bond acceptors (Lipinski definition) is 3. The molecule has 0 atom stereocenters. The Balaban J connectivity index is 3.03. The number of benzene rings is 1. The van der Waals surface area contributed by atoms with Crippen molar-refractivity contribution in [1.82, 2.24) is 0 Å². The van der Waals surface area contributed by atoms with Crippen LogP contribution in [0.3, 0.4) is 0 Å². The molecule has 1 rings (SSSR count). The Hall–Kier alpha value is -0.360. The Morgan fingerprint density at radius 3 is 2.20 bits per heavy atom. The lowest BCUT2D eigenvalue weighted by atomic mass is 10.3. The summed E-state index contributed by atoms with van der Waals surface area (Å²) in [6.07, 6.45) is 0. The van der Waals surface area contributed by atoms with Gasteiger partial charge in [0.05, 0.1) is 5.69 Å². The molecule has 8 heteroatoms. The molecular formula is C7H6Cl3NO3S. The molecule has 0 bridgehead atoms. The third-order valence-corrected chi connectivity index (χ3v) is 4.38. The largest absolute Gasteiger partial charge is 0.506 e. The molecule has 0 aliphatic carbocycles. The summed E-state index contributed by atoms with van der Waals surface area (Å²) in [5.74, 6) is -0.254. The highest BCUT2D eigenvalue weighted by atomic mass is 35.6. The fourth-order valence-corrected chi connectivity index (χ4v) is 1.69. The summed E-state index contributed by atoms with van der Waals surface area (Å²) in [7, 11) is -4.19. The van der Waals surface area contributed by atoms with Crippen LogP contribution < -0.4 is 4.72 Å². The van der Waals surface area contributed by atoms with E-state index < -0.39 is 13.1 Å². The highest BCUT2D eigenvalue weighted by molar-refractivity contribution is 7.98. The van der Waals surface area contributed by atoms with Gasteiger partial charge < -0.3 is 5.11 Å². The highest BCUT2D eigenvalue weighted by Crippen LogP contribution is 2.35. The number of rotatable bonds is 2. The van der Waals surface area contributed by atoms with Gasteiger partial charge in [0.15, 0.2) is 0 Å². The van der Waals surface area contributed by atoms with Gasteiger partial charge in [0.25, 0.3) is 10.0 Å². The van der Waals surface area contributed by atoms with Gasteiger partial charge in [0.1, 0.15) is 5.75 Å². The molecule has 0 unspecified atom stereocenters. The lowest BCUT2D eigenvalue weighted by Gasteiger charge is -2.14. The average molecular weight is 291 g/mol. The Bertz CT molecular complexity index is 455. The lowest BCUT2D eigenvalue weighted by Crippen LogP contribution is -2.27. The molecule has 15 heavy (non-hydrogen) atoms. The first-order valence-corrected chi connectivity index (χ1v) is 6.23. The zero-order valence-electron chi connectivity index (χ0n) is 7.12. The molecule has 0 amide bonds. The first kappa shape index (κ1) is 12.7. The van der Waals surface area contributed by atoms with Gasteiger partial charge in [0, 0.05) is 0 Å². The molecule has 0 aliphatic heterocycles. The SMILES string of the molecule is O=S(=O)(Nc1ccccc1O)C(Cl)(Cl)Cl.